The SMILES string of the molecule is COCCNCC(C)(O)Cc1ccccc1Br. The van der Waals surface area contributed by atoms with Crippen molar-refractivity contribution in [2.45, 2.75) is 18.9 Å². The highest BCUT2D eigenvalue weighted by molar-refractivity contribution is 9.10. The van der Waals surface area contributed by atoms with E-state index in [1.807, 2.05) is 31.2 Å². The van der Waals surface area contributed by atoms with Gasteiger partial charge < -0.3 is 15.2 Å². The van der Waals surface area contributed by atoms with Crippen LogP contribution in [0.25, 0.3) is 0 Å². The molecule has 0 aliphatic rings. The molecule has 0 saturated heterocycles. The highest BCUT2D eigenvalue weighted by atomic mass is 79.9. The first-order valence-electron chi connectivity index (χ1n) is 5.70. The van der Waals surface area contributed by atoms with Crippen LogP contribution in [0.5, 0.6) is 0 Å². The summed E-state index contributed by atoms with van der Waals surface area (Å²) in [7, 11) is 1.67. The summed E-state index contributed by atoms with van der Waals surface area (Å²) >= 11 is 3.49. The van der Waals surface area contributed by atoms with Crippen LogP contribution in [0, 0.1) is 0 Å². The van der Waals surface area contributed by atoms with Crippen LogP contribution in [0.1, 0.15) is 12.5 Å². The minimum absolute atomic E-state index is 0.553. The molecule has 0 fully saturated rings. The number of methoxy groups -OCH3 is 1. The van der Waals surface area contributed by atoms with E-state index in [0.717, 1.165) is 16.6 Å². The summed E-state index contributed by atoms with van der Waals surface area (Å²) in [6.45, 7) is 3.80. The Bertz CT molecular complexity index is 342. The second-order valence-corrected chi connectivity index (χ2v) is 5.29. The molecule has 0 radical (unpaired) electrons. The molecule has 96 valence electrons. The van der Waals surface area contributed by atoms with E-state index in [1.165, 1.54) is 0 Å². The maximum atomic E-state index is 10.3. The molecule has 4 heteroatoms. The van der Waals surface area contributed by atoms with Crippen LogP contribution in [0.2, 0.25) is 0 Å². The van der Waals surface area contributed by atoms with Crippen molar-refractivity contribution < 1.29 is 9.84 Å². The number of ether oxygens (including phenoxy) is 1. The van der Waals surface area contributed by atoms with Crippen molar-refractivity contribution in [1.29, 1.82) is 0 Å². The molecule has 1 atom stereocenters. The van der Waals surface area contributed by atoms with Crippen LogP contribution in [0.15, 0.2) is 28.7 Å². The van der Waals surface area contributed by atoms with E-state index >= 15 is 0 Å². The molecule has 0 aliphatic heterocycles. The Morgan fingerprint density at radius 3 is 2.76 bits per heavy atom. The number of halogens is 1. The van der Waals surface area contributed by atoms with Gasteiger partial charge in [0.25, 0.3) is 0 Å². The fraction of sp³-hybridized carbons (Fsp3) is 0.538. The van der Waals surface area contributed by atoms with E-state index in [9.17, 15) is 5.11 Å². The molecule has 0 aromatic heterocycles. The molecule has 3 nitrogen and oxygen atoms in total. The number of aliphatic hydroxyl groups is 1. The average Bonchev–Trinajstić information content (AvgIpc) is 2.28. The Morgan fingerprint density at radius 2 is 2.12 bits per heavy atom. The maximum Gasteiger partial charge on any atom is 0.0784 e. The van der Waals surface area contributed by atoms with Crippen molar-refractivity contribution in [2.75, 3.05) is 26.8 Å². The molecule has 0 bridgehead atoms. The highest BCUT2D eigenvalue weighted by Gasteiger charge is 2.21. The molecule has 0 aliphatic carbocycles. The Balaban J connectivity index is 2.46. The standard InChI is InChI=1S/C13H20BrNO2/c1-13(16,10-15-7-8-17-2)9-11-5-3-4-6-12(11)14/h3-6,15-16H,7-10H2,1-2H3. The largest absolute Gasteiger partial charge is 0.389 e. The highest BCUT2D eigenvalue weighted by Crippen LogP contribution is 2.21. The summed E-state index contributed by atoms with van der Waals surface area (Å²) in [5, 5.41) is 13.4. The van der Waals surface area contributed by atoms with Gasteiger partial charge in [0, 0.05) is 31.1 Å². The molecule has 2 N–H and O–H groups in total. The van der Waals surface area contributed by atoms with Gasteiger partial charge in [-0.25, -0.2) is 0 Å². The average molecular weight is 302 g/mol. The predicted molar refractivity (Wildman–Crippen MR) is 73.2 cm³/mol. The lowest BCUT2D eigenvalue weighted by molar-refractivity contribution is 0.0580. The van der Waals surface area contributed by atoms with Crippen LogP contribution < -0.4 is 5.32 Å². The minimum Gasteiger partial charge on any atom is -0.389 e. The van der Waals surface area contributed by atoms with Gasteiger partial charge in [0.1, 0.15) is 0 Å². The van der Waals surface area contributed by atoms with Crippen molar-refractivity contribution in [3.8, 4) is 0 Å². The molecule has 1 unspecified atom stereocenters. The maximum absolute atomic E-state index is 10.3. The van der Waals surface area contributed by atoms with E-state index in [1.54, 1.807) is 7.11 Å². The van der Waals surface area contributed by atoms with Gasteiger partial charge in [-0.1, -0.05) is 34.1 Å². The molecule has 1 aromatic carbocycles. The minimum atomic E-state index is -0.752. The van der Waals surface area contributed by atoms with Crippen LogP contribution in [-0.2, 0) is 11.2 Å². The Kier molecular flexibility index (Phi) is 6.12. The Hall–Kier alpha value is -0.420. The summed E-state index contributed by atoms with van der Waals surface area (Å²) in [5.74, 6) is 0. The normalized spacial score (nSPS) is 14.6. The van der Waals surface area contributed by atoms with Gasteiger partial charge in [0.05, 0.1) is 12.2 Å². The molecule has 0 spiro atoms. The van der Waals surface area contributed by atoms with Gasteiger partial charge in [0.15, 0.2) is 0 Å². The lowest BCUT2D eigenvalue weighted by Gasteiger charge is -2.24. The lowest BCUT2D eigenvalue weighted by atomic mass is 9.96. The fourth-order valence-corrected chi connectivity index (χ4v) is 2.07. The number of rotatable bonds is 7. The van der Waals surface area contributed by atoms with Crippen molar-refractivity contribution in [3.63, 3.8) is 0 Å². The van der Waals surface area contributed by atoms with Crippen LogP contribution in [0.3, 0.4) is 0 Å². The van der Waals surface area contributed by atoms with Crippen LogP contribution in [0.4, 0.5) is 0 Å². The van der Waals surface area contributed by atoms with Gasteiger partial charge in [0.2, 0.25) is 0 Å². The molecular weight excluding hydrogens is 282 g/mol. The molecular formula is C13H20BrNO2. The predicted octanol–water partition coefficient (Wildman–Crippen LogP) is 1.98. The first kappa shape index (κ1) is 14.6. The smallest absolute Gasteiger partial charge is 0.0784 e. The molecule has 0 saturated carbocycles. The van der Waals surface area contributed by atoms with Crippen LogP contribution >= 0.6 is 15.9 Å². The van der Waals surface area contributed by atoms with E-state index < -0.39 is 5.60 Å². The quantitative estimate of drug-likeness (QED) is 0.757. The van der Waals surface area contributed by atoms with E-state index in [-0.39, 0.29) is 0 Å². The summed E-state index contributed by atoms with van der Waals surface area (Å²) in [4.78, 5) is 0. The zero-order valence-electron chi connectivity index (χ0n) is 10.4. The zero-order valence-corrected chi connectivity index (χ0v) is 12.0. The van der Waals surface area contributed by atoms with E-state index in [0.29, 0.717) is 19.6 Å². The van der Waals surface area contributed by atoms with E-state index in [2.05, 4.69) is 21.2 Å². The van der Waals surface area contributed by atoms with Crippen molar-refractivity contribution in [3.05, 3.63) is 34.3 Å². The monoisotopic (exact) mass is 301 g/mol. The fourth-order valence-electron chi connectivity index (χ4n) is 1.65. The Morgan fingerprint density at radius 1 is 1.41 bits per heavy atom. The summed E-state index contributed by atoms with van der Waals surface area (Å²) in [6.07, 6.45) is 0.619. The summed E-state index contributed by atoms with van der Waals surface area (Å²) < 4.78 is 5.98. The van der Waals surface area contributed by atoms with Crippen LogP contribution in [-0.4, -0.2) is 37.5 Å². The first-order chi connectivity index (χ1) is 8.05. The van der Waals surface area contributed by atoms with Gasteiger partial charge in [-0.15, -0.1) is 0 Å². The van der Waals surface area contributed by atoms with Gasteiger partial charge in [-0.2, -0.15) is 0 Å². The molecule has 0 amide bonds. The number of nitrogens with one attached hydrogen (secondary N) is 1. The molecule has 1 rings (SSSR count). The van der Waals surface area contributed by atoms with Crippen molar-refractivity contribution in [1.82, 2.24) is 5.32 Å². The van der Waals surface area contributed by atoms with E-state index in [4.69, 9.17) is 4.74 Å². The topological polar surface area (TPSA) is 41.5 Å². The third-order valence-corrected chi connectivity index (χ3v) is 3.29. The summed E-state index contributed by atoms with van der Waals surface area (Å²) in [5.41, 5.74) is 0.364. The second kappa shape index (κ2) is 7.11. The number of hydrogen-bond acceptors (Lipinski definition) is 3. The lowest BCUT2D eigenvalue weighted by Crippen LogP contribution is -2.40. The molecule has 17 heavy (non-hydrogen) atoms. The zero-order chi connectivity index (χ0) is 12.7. The molecule has 1 aromatic rings. The van der Waals surface area contributed by atoms with Gasteiger partial charge >= 0.3 is 0 Å². The molecule has 0 heterocycles. The number of benzene rings is 1. The van der Waals surface area contributed by atoms with Gasteiger partial charge in [-0.05, 0) is 18.6 Å². The summed E-state index contributed by atoms with van der Waals surface area (Å²) in [6, 6.07) is 7.96. The third-order valence-electron chi connectivity index (χ3n) is 2.52. The van der Waals surface area contributed by atoms with Crippen molar-refractivity contribution >= 4 is 15.9 Å². The van der Waals surface area contributed by atoms with Gasteiger partial charge in [-0.3, -0.25) is 0 Å². The van der Waals surface area contributed by atoms with Crippen molar-refractivity contribution in [2.24, 2.45) is 0 Å². The third kappa shape index (κ3) is 5.64. The Labute approximate surface area is 111 Å². The first-order valence-corrected chi connectivity index (χ1v) is 6.50. The number of hydrogen-bond donors (Lipinski definition) is 2. The second-order valence-electron chi connectivity index (χ2n) is 4.43.